The number of halogens is 1. The number of anilines is 3. The molecule has 4 aromatic rings. The second-order valence-corrected chi connectivity index (χ2v) is 5.79. The lowest BCUT2D eigenvalue weighted by atomic mass is 10.1. The minimum atomic E-state index is -0.375. The maximum Gasteiger partial charge on any atom is 0.225 e. The molecule has 130 valence electrons. The molecule has 4 rings (SSSR count). The number of rotatable bonds is 6. The van der Waals surface area contributed by atoms with Crippen molar-refractivity contribution >= 4 is 28.5 Å². The van der Waals surface area contributed by atoms with E-state index in [2.05, 4.69) is 42.9 Å². The van der Waals surface area contributed by atoms with Crippen LogP contribution in [0.15, 0.2) is 60.8 Å². The molecule has 7 heteroatoms. The molecule has 0 atom stereocenters. The summed E-state index contributed by atoms with van der Waals surface area (Å²) < 4.78 is 14.3. The van der Waals surface area contributed by atoms with Gasteiger partial charge < -0.3 is 10.6 Å². The third-order valence-corrected chi connectivity index (χ3v) is 3.97. The van der Waals surface area contributed by atoms with Gasteiger partial charge in [-0.05, 0) is 24.1 Å². The van der Waals surface area contributed by atoms with Crippen molar-refractivity contribution in [3.05, 3.63) is 72.2 Å². The minimum absolute atomic E-state index is 0.343. The van der Waals surface area contributed by atoms with Gasteiger partial charge in [-0.2, -0.15) is 10.1 Å². The van der Waals surface area contributed by atoms with Gasteiger partial charge in [0.05, 0.1) is 17.1 Å². The van der Waals surface area contributed by atoms with Crippen molar-refractivity contribution in [3.8, 4) is 0 Å². The van der Waals surface area contributed by atoms with Gasteiger partial charge in [0.25, 0.3) is 0 Å². The monoisotopic (exact) mass is 348 g/mol. The lowest BCUT2D eigenvalue weighted by Crippen LogP contribution is -2.10. The highest BCUT2D eigenvalue weighted by atomic mass is 19.1. The Morgan fingerprint density at radius 1 is 0.962 bits per heavy atom. The van der Waals surface area contributed by atoms with Crippen molar-refractivity contribution in [2.24, 2.45) is 0 Å². The topological polar surface area (TPSA) is 78.5 Å². The van der Waals surface area contributed by atoms with Crippen molar-refractivity contribution < 1.29 is 4.39 Å². The van der Waals surface area contributed by atoms with E-state index in [4.69, 9.17) is 0 Å². The quantitative estimate of drug-likeness (QED) is 0.493. The molecule has 0 aliphatic carbocycles. The first-order valence-electron chi connectivity index (χ1n) is 8.30. The summed E-state index contributed by atoms with van der Waals surface area (Å²) in [5, 5.41) is 13.3. The van der Waals surface area contributed by atoms with E-state index >= 15 is 0 Å². The number of nitrogens with one attached hydrogen (secondary N) is 3. The second-order valence-electron chi connectivity index (χ2n) is 5.79. The van der Waals surface area contributed by atoms with Gasteiger partial charge in [0.15, 0.2) is 0 Å². The molecule has 6 nitrogen and oxygen atoms in total. The molecule has 0 radical (unpaired) electrons. The highest BCUT2D eigenvalue weighted by molar-refractivity contribution is 5.92. The first-order valence-corrected chi connectivity index (χ1v) is 8.30. The van der Waals surface area contributed by atoms with E-state index < -0.39 is 0 Å². The SMILES string of the molecule is Fc1cccc2nc(NCCc3ccccc3)nc(Nc3ccn[nH]3)c12. The Labute approximate surface area is 149 Å². The van der Waals surface area contributed by atoms with E-state index in [1.54, 1.807) is 24.4 Å². The van der Waals surface area contributed by atoms with Crippen molar-refractivity contribution in [2.75, 3.05) is 17.2 Å². The largest absolute Gasteiger partial charge is 0.354 e. The Morgan fingerprint density at radius 2 is 1.85 bits per heavy atom. The van der Waals surface area contributed by atoms with E-state index in [0.29, 0.717) is 35.0 Å². The fraction of sp³-hybridized carbons (Fsp3) is 0.105. The lowest BCUT2D eigenvalue weighted by Gasteiger charge is -2.11. The maximum absolute atomic E-state index is 14.3. The summed E-state index contributed by atoms with van der Waals surface area (Å²) in [5.41, 5.74) is 1.76. The van der Waals surface area contributed by atoms with Crippen molar-refractivity contribution in [1.82, 2.24) is 20.2 Å². The molecule has 0 saturated heterocycles. The number of hydrogen-bond acceptors (Lipinski definition) is 5. The Balaban J connectivity index is 1.60. The molecule has 0 unspecified atom stereocenters. The summed E-state index contributed by atoms with van der Waals surface area (Å²) in [7, 11) is 0. The minimum Gasteiger partial charge on any atom is -0.354 e. The summed E-state index contributed by atoms with van der Waals surface area (Å²) >= 11 is 0. The summed E-state index contributed by atoms with van der Waals surface area (Å²) in [4.78, 5) is 8.88. The van der Waals surface area contributed by atoms with Crippen LogP contribution in [0.3, 0.4) is 0 Å². The number of fused-ring (bicyclic) bond motifs is 1. The molecule has 0 aliphatic heterocycles. The van der Waals surface area contributed by atoms with Gasteiger partial charge in [-0.15, -0.1) is 0 Å². The predicted molar refractivity (Wildman–Crippen MR) is 100 cm³/mol. The second kappa shape index (κ2) is 7.18. The normalized spacial score (nSPS) is 10.8. The van der Waals surface area contributed by atoms with Crippen molar-refractivity contribution in [1.29, 1.82) is 0 Å². The molecule has 2 aromatic heterocycles. The van der Waals surface area contributed by atoms with Crippen LogP contribution in [0, 0.1) is 5.82 Å². The van der Waals surface area contributed by atoms with Gasteiger partial charge in [-0.1, -0.05) is 36.4 Å². The lowest BCUT2D eigenvalue weighted by molar-refractivity contribution is 0.639. The molecule has 0 amide bonds. The zero-order chi connectivity index (χ0) is 17.8. The number of nitrogens with zero attached hydrogens (tertiary/aromatic N) is 3. The summed E-state index contributed by atoms with van der Waals surface area (Å²) in [6.45, 7) is 0.675. The van der Waals surface area contributed by atoms with Gasteiger partial charge in [0.1, 0.15) is 17.5 Å². The van der Waals surface area contributed by atoms with Crippen LogP contribution in [0.2, 0.25) is 0 Å². The van der Waals surface area contributed by atoms with E-state index in [-0.39, 0.29) is 5.82 Å². The van der Waals surface area contributed by atoms with Crippen LogP contribution in [-0.2, 0) is 6.42 Å². The van der Waals surface area contributed by atoms with Gasteiger partial charge >= 0.3 is 0 Å². The number of aromatic nitrogens is 4. The van der Waals surface area contributed by atoms with Crippen LogP contribution in [-0.4, -0.2) is 26.7 Å². The van der Waals surface area contributed by atoms with Crippen LogP contribution in [0.5, 0.6) is 0 Å². The Morgan fingerprint density at radius 3 is 2.65 bits per heavy atom. The molecule has 0 fully saturated rings. The standard InChI is InChI=1S/C19H17FN6/c20-14-7-4-8-15-17(14)18(24-16-10-12-22-26-16)25-19(23-15)21-11-9-13-5-2-1-3-6-13/h1-8,10,12H,9,11H2,(H3,21,22,23,24,25,26). The smallest absolute Gasteiger partial charge is 0.225 e. The van der Waals surface area contributed by atoms with Crippen LogP contribution in [0.1, 0.15) is 5.56 Å². The van der Waals surface area contributed by atoms with E-state index in [0.717, 1.165) is 6.42 Å². The highest BCUT2D eigenvalue weighted by Crippen LogP contribution is 2.26. The fourth-order valence-electron chi connectivity index (χ4n) is 2.73. The number of benzene rings is 2. The van der Waals surface area contributed by atoms with Crippen LogP contribution in [0.4, 0.5) is 22.0 Å². The maximum atomic E-state index is 14.3. The van der Waals surface area contributed by atoms with Crippen LogP contribution in [0.25, 0.3) is 10.9 Å². The molecular formula is C19H17FN6. The Bertz CT molecular complexity index is 1000. The van der Waals surface area contributed by atoms with Crippen LogP contribution < -0.4 is 10.6 Å². The predicted octanol–water partition coefficient (Wildman–Crippen LogP) is 3.89. The first kappa shape index (κ1) is 16.0. The fourth-order valence-corrected chi connectivity index (χ4v) is 2.73. The molecule has 0 bridgehead atoms. The van der Waals surface area contributed by atoms with Gasteiger partial charge in [-0.3, -0.25) is 5.10 Å². The molecule has 0 spiro atoms. The average Bonchev–Trinajstić information content (AvgIpc) is 3.16. The molecule has 2 aromatic carbocycles. The van der Waals surface area contributed by atoms with E-state index in [1.165, 1.54) is 11.6 Å². The summed E-state index contributed by atoms with van der Waals surface area (Å²) in [5.74, 6) is 1.09. The molecule has 0 saturated carbocycles. The average molecular weight is 348 g/mol. The van der Waals surface area contributed by atoms with E-state index in [1.807, 2.05) is 18.2 Å². The summed E-state index contributed by atoms with van der Waals surface area (Å²) in [6, 6.07) is 16.7. The number of aromatic amines is 1. The Hall–Kier alpha value is -3.48. The molecule has 3 N–H and O–H groups in total. The van der Waals surface area contributed by atoms with Gasteiger partial charge in [0, 0.05) is 12.6 Å². The van der Waals surface area contributed by atoms with E-state index in [9.17, 15) is 4.39 Å². The van der Waals surface area contributed by atoms with Crippen molar-refractivity contribution in [2.45, 2.75) is 6.42 Å². The zero-order valence-corrected chi connectivity index (χ0v) is 13.9. The third kappa shape index (κ3) is 3.46. The third-order valence-electron chi connectivity index (χ3n) is 3.97. The highest BCUT2D eigenvalue weighted by Gasteiger charge is 2.12. The Kier molecular flexibility index (Phi) is 4.42. The van der Waals surface area contributed by atoms with Crippen LogP contribution >= 0.6 is 0 Å². The molecule has 2 heterocycles. The van der Waals surface area contributed by atoms with Crippen molar-refractivity contribution in [3.63, 3.8) is 0 Å². The molecule has 0 aliphatic rings. The molecular weight excluding hydrogens is 331 g/mol. The first-order chi connectivity index (χ1) is 12.8. The molecule has 26 heavy (non-hydrogen) atoms. The zero-order valence-electron chi connectivity index (χ0n) is 13.9. The summed E-state index contributed by atoms with van der Waals surface area (Å²) in [6.07, 6.45) is 2.45. The van der Waals surface area contributed by atoms with Gasteiger partial charge in [0.2, 0.25) is 5.95 Å². The number of H-pyrrole nitrogens is 1. The van der Waals surface area contributed by atoms with Gasteiger partial charge in [-0.25, -0.2) is 9.37 Å². The number of hydrogen-bond donors (Lipinski definition) is 3.